The van der Waals surface area contributed by atoms with Crippen molar-refractivity contribution in [1.82, 2.24) is 15.5 Å². The molecule has 2 aromatic carbocycles. The summed E-state index contributed by atoms with van der Waals surface area (Å²) in [5.41, 5.74) is 4.12. The lowest BCUT2D eigenvalue weighted by Gasteiger charge is -2.29. The summed E-state index contributed by atoms with van der Waals surface area (Å²) in [6, 6.07) is 14.8. The van der Waals surface area contributed by atoms with E-state index in [-0.39, 0.29) is 24.1 Å². The molecule has 1 saturated carbocycles. The van der Waals surface area contributed by atoms with Crippen LogP contribution in [0.4, 0.5) is 0 Å². The molecule has 186 valence electrons. The third-order valence-electron chi connectivity index (χ3n) is 7.04. The summed E-state index contributed by atoms with van der Waals surface area (Å²) < 4.78 is 0. The highest BCUT2D eigenvalue weighted by Crippen LogP contribution is 2.28. The molecule has 1 atom stereocenters. The Morgan fingerprint density at radius 1 is 1.00 bits per heavy atom. The largest absolute Gasteiger partial charge is 0.322 e. The zero-order valence-electron chi connectivity index (χ0n) is 20.6. The molecular weight excluding hydrogens is 458 g/mol. The number of aryl methyl sites for hydroxylation is 1. The van der Waals surface area contributed by atoms with E-state index in [0.29, 0.717) is 18.5 Å². The second-order valence-electron chi connectivity index (χ2n) is 9.62. The first-order valence-corrected chi connectivity index (χ1v) is 13.8. The van der Waals surface area contributed by atoms with Crippen LogP contribution in [0.2, 0.25) is 0 Å². The summed E-state index contributed by atoms with van der Waals surface area (Å²) >= 11 is 1.80. The molecule has 0 spiro atoms. The lowest BCUT2D eigenvalue weighted by atomic mass is 9.95. The number of thioether (sulfide) groups is 1. The third kappa shape index (κ3) is 6.53. The number of rotatable bonds is 5. The van der Waals surface area contributed by atoms with Crippen molar-refractivity contribution < 1.29 is 14.4 Å². The van der Waals surface area contributed by atoms with Crippen LogP contribution in [0.3, 0.4) is 0 Å². The van der Waals surface area contributed by atoms with Gasteiger partial charge in [-0.3, -0.25) is 19.7 Å². The molecule has 35 heavy (non-hydrogen) atoms. The predicted octanol–water partition coefficient (Wildman–Crippen LogP) is 4.59. The van der Waals surface area contributed by atoms with E-state index < -0.39 is 6.04 Å². The summed E-state index contributed by atoms with van der Waals surface area (Å²) in [5.74, 6) is -0.750. The van der Waals surface area contributed by atoms with Crippen LogP contribution in [0.15, 0.2) is 47.4 Å². The van der Waals surface area contributed by atoms with Crippen LogP contribution in [0.1, 0.15) is 72.0 Å². The average molecular weight is 494 g/mol. The highest BCUT2D eigenvalue weighted by molar-refractivity contribution is 7.98. The molecular formula is C28H35N3O3S. The molecule has 3 aliphatic rings. The Morgan fingerprint density at radius 3 is 2.43 bits per heavy atom. The van der Waals surface area contributed by atoms with Gasteiger partial charge in [-0.1, -0.05) is 49.1 Å². The van der Waals surface area contributed by atoms with Crippen molar-refractivity contribution in [2.75, 3.05) is 6.26 Å². The van der Waals surface area contributed by atoms with E-state index in [1.807, 2.05) is 19.1 Å². The van der Waals surface area contributed by atoms with E-state index in [0.717, 1.165) is 23.7 Å². The van der Waals surface area contributed by atoms with Gasteiger partial charge in [-0.15, -0.1) is 11.8 Å². The Bertz CT molecular complexity index is 1060. The van der Waals surface area contributed by atoms with Crippen LogP contribution >= 0.6 is 11.8 Å². The van der Waals surface area contributed by atoms with Crippen LogP contribution in [0, 0.1) is 6.92 Å². The van der Waals surface area contributed by atoms with Gasteiger partial charge < -0.3 is 10.2 Å². The summed E-state index contributed by atoms with van der Waals surface area (Å²) in [4.78, 5) is 38.2. The Kier molecular flexibility index (Phi) is 8.63. The molecule has 2 N–H and O–H groups in total. The van der Waals surface area contributed by atoms with Crippen LogP contribution in [0.5, 0.6) is 0 Å². The van der Waals surface area contributed by atoms with Gasteiger partial charge in [-0.25, -0.2) is 0 Å². The van der Waals surface area contributed by atoms with Crippen molar-refractivity contribution in [2.24, 2.45) is 0 Å². The van der Waals surface area contributed by atoms with Crippen molar-refractivity contribution in [3.8, 4) is 0 Å². The lowest BCUT2D eigenvalue weighted by molar-refractivity contribution is -0.136. The van der Waals surface area contributed by atoms with Gasteiger partial charge in [0, 0.05) is 36.0 Å². The normalized spacial score (nSPS) is 20.2. The molecule has 7 heteroatoms. The number of piperidine rings is 1. The monoisotopic (exact) mass is 493 g/mol. The number of benzene rings is 2. The molecule has 1 unspecified atom stereocenters. The molecule has 6 nitrogen and oxygen atoms in total. The molecule has 0 radical (unpaired) electrons. The van der Waals surface area contributed by atoms with Crippen molar-refractivity contribution in [3.05, 3.63) is 64.7 Å². The van der Waals surface area contributed by atoms with E-state index >= 15 is 0 Å². The molecule has 2 heterocycles. The fourth-order valence-corrected chi connectivity index (χ4v) is 5.42. The molecule has 3 amide bonds. The average Bonchev–Trinajstić information content (AvgIpc) is 3.19. The fourth-order valence-electron chi connectivity index (χ4n) is 5.02. The number of carbonyl (C=O) groups is 3. The summed E-state index contributed by atoms with van der Waals surface area (Å²) in [5, 5.41) is 5.96. The number of carbonyl (C=O) groups excluding carboxylic acids is 3. The molecule has 2 aromatic rings. The van der Waals surface area contributed by atoms with Crippen molar-refractivity contribution in [3.63, 3.8) is 0 Å². The Labute approximate surface area is 212 Å². The highest BCUT2D eigenvalue weighted by Gasteiger charge is 2.38. The van der Waals surface area contributed by atoms with Gasteiger partial charge in [0.05, 0.1) is 0 Å². The lowest BCUT2D eigenvalue weighted by Crippen LogP contribution is -2.52. The van der Waals surface area contributed by atoms with E-state index in [4.69, 9.17) is 0 Å². The third-order valence-corrected chi connectivity index (χ3v) is 7.78. The molecule has 5 rings (SSSR count). The minimum absolute atomic E-state index is 0.121. The zero-order valence-corrected chi connectivity index (χ0v) is 21.5. The van der Waals surface area contributed by atoms with E-state index in [2.05, 4.69) is 41.2 Å². The van der Waals surface area contributed by atoms with Gasteiger partial charge >= 0.3 is 0 Å². The maximum Gasteiger partial charge on any atom is 0.255 e. The second-order valence-corrected chi connectivity index (χ2v) is 10.5. The number of amides is 3. The minimum atomic E-state index is -0.530. The number of hydrogen-bond acceptors (Lipinski definition) is 5. The van der Waals surface area contributed by atoms with Crippen molar-refractivity contribution >= 4 is 29.5 Å². The summed E-state index contributed by atoms with van der Waals surface area (Å²) in [6.07, 6.45) is 9.78. The summed E-state index contributed by atoms with van der Waals surface area (Å²) in [7, 11) is 0. The maximum atomic E-state index is 12.3. The predicted molar refractivity (Wildman–Crippen MR) is 139 cm³/mol. The molecule has 0 aromatic heterocycles. The van der Waals surface area contributed by atoms with Crippen molar-refractivity contribution in [2.45, 2.75) is 81.9 Å². The highest BCUT2D eigenvalue weighted by atomic mass is 32.2. The first-order valence-electron chi connectivity index (χ1n) is 12.5. The van der Waals surface area contributed by atoms with Crippen LogP contribution in [-0.4, -0.2) is 41.0 Å². The van der Waals surface area contributed by atoms with Crippen LogP contribution < -0.4 is 10.6 Å². The first kappa shape index (κ1) is 25.5. The van der Waals surface area contributed by atoms with Crippen LogP contribution in [0.25, 0.3) is 0 Å². The maximum absolute atomic E-state index is 12.3. The van der Waals surface area contributed by atoms with Crippen molar-refractivity contribution in [1.29, 1.82) is 0 Å². The van der Waals surface area contributed by atoms with Gasteiger partial charge in [0.2, 0.25) is 11.8 Å². The standard InChI is InChI=1S/C14H14N2O3.C14H21NS/c1-8-2-3-10-9(6-8)7-16(14(10)19)11-4-5-12(17)15-13(11)18;1-16-14-9-7-12(8-10-14)11-15-13-5-3-2-4-6-13/h2-3,6,11H,4-5,7H2,1H3,(H,15,17,18);7-10,13,15H,2-6,11H2,1H3. The SMILES string of the molecule is CSc1ccc(CNC2CCCCC2)cc1.Cc1ccc2c(c1)CN(C1CCC(=O)NC1=O)C2=O. The van der Waals surface area contributed by atoms with Crippen LogP contribution in [-0.2, 0) is 22.7 Å². The second kappa shape index (κ2) is 11.9. The topological polar surface area (TPSA) is 78.5 Å². The van der Waals surface area contributed by atoms with Gasteiger partial charge in [-0.2, -0.15) is 0 Å². The molecule has 2 aliphatic heterocycles. The molecule has 1 aliphatic carbocycles. The Balaban J connectivity index is 0.000000168. The molecule has 0 bridgehead atoms. The molecule has 2 fully saturated rings. The van der Waals surface area contributed by atoms with Gasteiger partial charge in [0.15, 0.2) is 0 Å². The number of nitrogens with zero attached hydrogens (tertiary/aromatic N) is 1. The quantitative estimate of drug-likeness (QED) is 0.471. The molecule has 1 saturated heterocycles. The first-order chi connectivity index (χ1) is 16.9. The number of nitrogens with one attached hydrogen (secondary N) is 2. The summed E-state index contributed by atoms with van der Waals surface area (Å²) in [6.45, 7) is 3.45. The smallest absolute Gasteiger partial charge is 0.255 e. The van der Waals surface area contributed by atoms with E-state index in [1.165, 1.54) is 42.6 Å². The number of hydrogen-bond donors (Lipinski definition) is 2. The zero-order chi connectivity index (χ0) is 24.8. The van der Waals surface area contributed by atoms with Gasteiger partial charge in [-0.05, 0) is 61.8 Å². The Hall–Kier alpha value is -2.64. The van der Waals surface area contributed by atoms with E-state index in [9.17, 15) is 14.4 Å². The van der Waals surface area contributed by atoms with Gasteiger partial charge in [0.25, 0.3) is 5.91 Å². The number of imide groups is 1. The van der Waals surface area contributed by atoms with E-state index in [1.54, 1.807) is 22.7 Å². The number of fused-ring (bicyclic) bond motifs is 1. The minimum Gasteiger partial charge on any atom is -0.322 e. The van der Waals surface area contributed by atoms with Gasteiger partial charge in [0.1, 0.15) is 6.04 Å². The fraction of sp³-hybridized carbons (Fsp3) is 0.464. The Morgan fingerprint density at radius 2 is 1.74 bits per heavy atom.